The third-order valence-electron chi connectivity index (χ3n) is 5.38. The number of carbonyl (C=O) groups is 2. The van der Waals surface area contributed by atoms with Crippen molar-refractivity contribution in [2.45, 2.75) is 26.3 Å². The first-order valence-electron chi connectivity index (χ1n) is 11.1. The van der Waals surface area contributed by atoms with Crippen LogP contribution in [0.15, 0.2) is 54.6 Å². The molecule has 0 bridgehead atoms. The number of amides is 2. The van der Waals surface area contributed by atoms with Gasteiger partial charge in [-0.3, -0.25) is 19.4 Å². The number of hydrogen-bond donors (Lipinski definition) is 1. The molecule has 1 aliphatic heterocycles. The van der Waals surface area contributed by atoms with Gasteiger partial charge in [0.25, 0.3) is 0 Å². The monoisotopic (exact) mass is 478 g/mol. The molecule has 0 spiro atoms. The van der Waals surface area contributed by atoms with Gasteiger partial charge in [0.1, 0.15) is 5.75 Å². The molecule has 184 valence electrons. The van der Waals surface area contributed by atoms with Gasteiger partial charge < -0.3 is 15.0 Å². The van der Waals surface area contributed by atoms with Crippen LogP contribution < -0.4 is 15.0 Å². The van der Waals surface area contributed by atoms with Crippen molar-refractivity contribution in [3.05, 3.63) is 54.6 Å². The van der Waals surface area contributed by atoms with Crippen molar-refractivity contribution in [1.82, 2.24) is 9.80 Å². The highest BCUT2D eigenvalue weighted by molar-refractivity contribution is 5.95. The Labute approximate surface area is 197 Å². The molecule has 2 aromatic carbocycles. The number of rotatable bonds is 8. The van der Waals surface area contributed by atoms with E-state index in [9.17, 15) is 22.8 Å². The highest BCUT2D eigenvalue weighted by Crippen LogP contribution is 2.24. The maximum Gasteiger partial charge on any atom is 0.573 e. The highest BCUT2D eigenvalue weighted by Gasteiger charge is 2.31. The zero-order chi connectivity index (χ0) is 24.7. The van der Waals surface area contributed by atoms with Gasteiger partial charge in [0.15, 0.2) is 0 Å². The lowest BCUT2D eigenvalue weighted by Crippen LogP contribution is -2.52. The normalized spacial score (nSPS) is 15.2. The van der Waals surface area contributed by atoms with Crippen LogP contribution in [0.1, 0.15) is 13.8 Å². The summed E-state index contributed by atoms with van der Waals surface area (Å²) in [5.41, 5.74) is 1.26. The maximum atomic E-state index is 13.0. The van der Waals surface area contributed by atoms with Crippen LogP contribution in [0.25, 0.3) is 0 Å². The number of nitrogens with zero attached hydrogens (tertiary/aromatic N) is 3. The maximum absolute atomic E-state index is 13.0. The third-order valence-corrected chi connectivity index (χ3v) is 5.38. The summed E-state index contributed by atoms with van der Waals surface area (Å²) >= 11 is 0. The van der Waals surface area contributed by atoms with Crippen LogP contribution in [0.2, 0.25) is 0 Å². The molecule has 1 fully saturated rings. The molecule has 10 heteroatoms. The minimum Gasteiger partial charge on any atom is -0.406 e. The molecule has 0 atom stereocenters. The van der Waals surface area contributed by atoms with E-state index in [1.807, 2.05) is 49.1 Å². The number of piperazine rings is 1. The van der Waals surface area contributed by atoms with Gasteiger partial charge in [-0.05, 0) is 50.2 Å². The van der Waals surface area contributed by atoms with Crippen LogP contribution in [0.4, 0.5) is 24.5 Å². The van der Waals surface area contributed by atoms with Crippen molar-refractivity contribution < 1.29 is 27.5 Å². The Morgan fingerprint density at radius 1 is 0.941 bits per heavy atom. The molecule has 0 aromatic heterocycles. The van der Waals surface area contributed by atoms with E-state index in [1.165, 1.54) is 12.1 Å². The third kappa shape index (κ3) is 7.74. The first-order chi connectivity index (χ1) is 16.1. The predicted molar refractivity (Wildman–Crippen MR) is 124 cm³/mol. The van der Waals surface area contributed by atoms with Gasteiger partial charge in [0.2, 0.25) is 11.8 Å². The van der Waals surface area contributed by atoms with Crippen LogP contribution >= 0.6 is 0 Å². The fourth-order valence-electron chi connectivity index (χ4n) is 3.84. The zero-order valence-corrected chi connectivity index (χ0v) is 19.2. The quantitative estimate of drug-likeness (QED) is 0.629. The Morgan fingerprint density at radius 2 is 1.50 bits per heavy atom. The average Bonchev–Trinajstić information content (AvgIpc) is 2.76. The number of nitrogens with one attached hydrogen (secondary N) is 1. The summed E-state index contributed by atoms with van der Waals surface area (Å²) in [6.45, 7) is 7.01. The number of hydrogen-bond acceptors (Lipinski definition) is 5. The van der Waals surface area contributed by atoms with Crippen LogP contribution in [0, 0.1) is 0 Å². The molecule has 0 saturated carbocycles. The van der Waals surface area contributed by atoms with Crippen molar-refractivity contribution in [3.8, 4) is 5.75 Å². The molecule has 2 aromatic rings. The Morgan fingerprint density at radius 3 is 2.03 bits per heavy atom. The van der Waals surface area contributed by atoms with E-state index in [4.69, 9.17) is 0 Å². The molecule has 0 radical (unpaired) electrons. The number of benzene rings is 2. The van der Waals surface area contributed by atoms with E-state index in [0.29, 0.717) is 38.4 Å². The van der Waals surface area contributed by atoms with E-state index in [2.05, 4.69) is 15.0 Å². The fraction of sp³-hybridized carbons (Fsp3) is 0.417. The van der Waals surface area contributed by atoms with Crippen LogP contribution in [0.5, 0.6) is 5.75 Å². The summed E-state index contributed by atoms with van der Waals surface area (Å²) in [7, 11) is 0. The van der Waals surface area contributed by atoms with Gasteiger partial charge >= 0.3 is 6.36 Å². The van der Waals surface area contributed by atoms with Crippen molar-refractivity contribution in [2.24, 2.45) is 0 Å². The van der Waals surface area contributed by atoms with Crippen LogP contribution in [-0.4, -0.2) is 73.3 Å². The van der Waals surface area contributed by atoms with Gasteiger partial charge in [-0.2, -0.15) is 0 Å². The molecule has 34 heavy (non-hydrogen) atoms. The number of para-hydroxylation sites is 1. The largest absolute Gasteiger partial charge is 0.573 e. The Kier molecular flexibility index (Phi) is 8.51. The molecule has 1 aliphatic rings. The summed E-state index contributed by atoms with van der Waals surface area (Å²) in [6, 6.07) is 14.6. The second-order valence-electron chi connectivity index (χ2n) is 8.37. The lowest BCUT2D eigenvalue weighted by atomic mass is 10.2. The van der Waals surface area contributed by atoms with E-state index in [-0.39, 0.29) is 30.2 Å². The highest BCUT2D eigenvalue weighted by atomic mass is 19.4. The first-order valence-corrected chi connectivity index (χ1v) is 11.1. The average molecular weight is 479 g/mol. The van der Waals surface area contributed by atoms with Crippen LogP contribution in [-0.2, 0) is 9.59 Å². The van der Waals surface area contributed by atoms with E-state index < -0.39 is 6.36 Å². The van der Waals surface area contributed by atoms with Gasteiger partial charge in [0, 0.05) is 43.6 Å². The molecule has 0 unspecified atom stereocenters. The smallest absolute Gasteiger partial charge is 0.406 e. The molecule has 2 amide bonds. The minimum atomic E-state index is -4.76. The van der Waals surface area contributed by atoms with Gasteiger partial charge in [0.05, 0.1) is 13.1 Å². The van der Waals surface area contributed by atoms with Gasteiger partial charge in [-0.25, -0.2) is 0 Å². The van der Waals surface area contributed by atoms with Gasteiger partial charge in [-0.15, -0.1) is 13.2 Å². The lowest BCUT2D eigenvalue weighted by Gasteiger charge is -2.35. The topological polar surface area (TPSA) is 65.1 Å². The number of ether oxygens (including phenoxy) is 1. The SMILES string of the molecule is CC(C)N(C(=O)CN1CCN(CC(=O)Nc2ccc(OC(F)(F)F)cc2)CC1)c1ccccc1. The second kappa shape index (κ2) is 11.3. The summed E-state index contributed by atoms with van der Waals surface area (Å²) in [5, 5.41) is 2.68. The van der Waals surface area contributed by atoms with Crippen molar-refractivity contribution in [1.29, 1.82) is 0 Å². The molecule has 7 nitrogen and oxygen atoms in total. The number of anilines is 2. The first kappa shape index (κ1) is 25.5. The summed E-state index contributed by atoms with van der Waals surface area (Å²) in [4.78, 5) is 31.1. The zero-order valence-electron chi connectivity index (χ0n) is 19.2. The summed E-state index contributed by atoms with van der Waals surface area (Å²) in [6.07, 6.45) is -4.76. The molecular weight excluding hydrogens is 449 g/mol. The number of carbonyl (C=O) groups excluding carboxylic acids is 2. The predicted octanol–water partition coefficient (Wildman–Crippen LogP) is 3.58. The second-order valence-corrected chi connectivity index (χ2v) is 8.37. The fourth-order valence-corrected chi connectivity index (χ4v) is 3.84. The standard InChI is InChI=1S/C24H29F3N4O3/c1-18(2)31(20-6-4-3-5-7-20)23(33)17-30-14-12-29(13-15-30)16-22(32)28-19-8-10-21(11-9-19)34-24(25,26)27/h3-11,18H,12-17H2,1-2H3,(H,28,32). The minimum absolute atomic E-state index is 0.0327. The van der Waals surface area contributed by atoms with E-state index >= 15 is 0 Å². The Bertz CT molecular complexity index is 944. The lowest BCUT2D eigenvalue weighted by molar-refractivity contribution is -0.274. The summed E-state index contributed by atoms with van der Waals surface area (Å²) in [5.74, 6) is -0.575. The number of halogens is 3. The number of alkyl halides is 3. The Balaban J connectivity index is 1.44. The van der Waals surface area contributed by atoms with E-state index in [1.54, 1.807) is 4.90 Å². The molecule has 0 aliphatic carbocycles. The van der Waals surface area contributed by atoms with Gasteiger partial charge in [-0.1, -0.05) is 18.2 Å². The Hall–Kier alpha value is -3.11. The molecule has 1 heterocycles. The molecule has 3 rings (SSSR count). The van der Waals surface area contributed by atoms with Crippen molar-refractivity contribution >= 4 is 23.2 Å². The van der Waals surface area contributed by atoms with Crippen molar-refractivity contribution in [2.75, 3.05) is 49.5 Å². The summed E-state index contributed by atoms with van der Waals surface area (Å²) < 4.78 is 40.5. The van der Waals surface area contributed by atoms with Crippen molar-refractivity contribution in [3.63, 3.8) is 0 Å². The molecular formula is C24H29F3N4O3. The molecule has 1 N–H and O–H groups in total. The van der Waals surface area contributed by atoms with Crippen LogP contribution in [0.3, 0.4) is 0 Å². The van der Waals surface area contributed by atoms with E-state index in [0.717, 1.165) is 17.8 Å². The molecule has 1 saturated heterocycles.